The van der Waals surface area contributed by atoms with Crippen molar-refractivity contribution in [2.45, 2.75) is 30.5 Å². The number of esters is 1. The van der Waals surface area contributed by atoms with E-state index in [0.717, 1.165) is 0 Å². The lowest BCUT2D eigenvalue weighted by Crippen LogP contribution is -2.41. The Morgan fingerprint density at radius 2 is 1.74 bits per heavy atom. The molecule has 1 unspecified atom stereocenters. The van der Waals surface area contributed by atoms with Crippen LogP contribution in [-0.4, -0.2) is 49.8 Å². The molecule has 0 amide bonds. The third-order valence-corrected chi connectivity index (χ3v) is 5.37. The van der Waals surface area contributed by atoms with Gasteiger partial charge in [-0.1, -0.05) is 26.4 Å². The number of aryl methyl sites for hydroxylation is 1. The van der Waals surface area contributed by atoms with Gasteiger partial charge < -0.3 is 19.0 Å². The molecule has 194 valence electrons. The maximum Gasteiger partial charge on any atom is 0.430 e. The number of halogens is 8. The Labute approximate surface area is 186 Å². The first kappa shape index (κ1) is 27.4. The van der Waals surface area contributed by atoms with Crippen LogP contribution in [0.15, 0.2) is 22.6 Å². The molecule has 1 aromatic rings. The van der Waals surface area contributed by atoms with Crippen molar-refractivity contribution in [3.05, 3.63) is 38.9 Å². The smallest absolute Gasteiger partial charge is 0.430 e. The van der Waals surface area contributed by atoms with Crippen molar-refractivity contribution < 1.29 is 61.5 Å². The van der Waals surface area contributed by atoms with Gasteiger partial charge in [-0.25, -0.2) is 4.79 Å². The molecule has 1 aromatic carbocycles. The van der Waals surface area contributed by atoms with Crippen LogP contribution in [0.4, 0.5) is 32.6 Å². The fourth-order valence-electron chi connectivity index (χ4n) is 2.80. The number of fused-ring (bicyclic) bond motifs is 1. The van der Waals surface area contributed by atoms with Crippen molar-refractivity contribution in [1.29, 1.82) is 0 Å². The van der Waals surface area contributed by atoms with E-state index in [1.807, 2.05) is 0 Å². The maximum atomic E-state index is 13.5. The number of hydrogen-bond acceptors (Lipinski definition) is 7. The summed E-state index contributed by atoms with van der Waals surface area (Å²) in [6, 6.07) is -0.0701. The van der Waals surface area contributed by atoms with Crippen LogP contribution >= 0.6 is 10.2 Å². The predicted molar refractivity (Wildman–Crippen MR) is 100 cm³/mol. The third kappa shape index (κ3) is 7.09. The average Bonchev–Trinajstić information content (AvgIpc) is 2.68. The zero-order valence-corrected chi connectivity index (χ0v) is 17.9. The van der Waals surface area contributed by atoms with Crippen LogP contribution in [0.1, 0.15) is 18.1 Å². The number of ether oxygens (including phenoxy) is 3. The lowest BCUT2D eigenvalue weighted by atomic mass is 9.98. The second-order valence-electron chi connectivity index (χ2n) is 6.77. The molecule has 0 aromatic heterocycles. The van der Waals surface area contributed by atoms with Crippen molar-refractivity contribution in [3.8, 4) is 5.75 Å². The Kier molecular flexibility index (Phi) is 7.06. The highest BCUT2D eigenvalue weighted by Crippen LogP contribution is 3.02. The second-order valence-corrected chi connectivity index (χ2v) is 9.18. The summed E-state index contributed by atoms with van der Waals surface area (Å²) in [7, 11) is -10.2. The van der Waals surface area contributed by atoms with Crippen LogP contribution in [0.5, 0.6) is 5.75 Å². The van der Waals surface area contributed by atoms with E-state index in [1.165, 1.54) is 6.92 Å². The molecule has 0 bridgehead atoms. The molecule has 1 heterocycles. The van der Waals surface area contributed by atoms with Crippen molar-refractivity contribution in [3.63, 3.8) is 0 Å². The Balaban J connectivity index is 2.32. The number of carbonyl (C=O) groups is 1. The summed E-state index contributed by atoms with van der Waals surface area (Å²) in [5.41, 5.74) is -2.63. The number of nitrogens with zero attached hydrogens (tertiary/aromatic N) is 1. The molecular formula is C17H17F8NO7S. The van der Waals surface area contributed by atoms with Crippen LogP contribution in [-0.2, 0) is 25.5 Å². The van der Waals surface area contributed by atoms with Gasteiger partial charge in [0.25, 0.3) is 5.09 Å². The van der Waals surface area contributed by atoms with E-state index < -0.39 is 80.7 Å². The van der Waals surface area contributed by atoms with Crippen molar-refractivity contribution >= 4 is 22.3 Å². The average molecular weight is 531 g/mol. The van der Waals surface area contributed by atoms with Crippen LogP contribution < -0.4 is 4.74 Å². The van der Waals surface area contributed by atoms with E-state index in [9.17, 15) is 47.5 Å². The minimum atomic E-state index is -10.2. The highest BCUT2D eigenvalue weighted by Gasteiger charge is 2.65. The number of carbonyl (C=O) groups excluding carboxylic acids is 1. The quantitative estimate of drug-likeness (QED) is 0.131. The van der Waals surface area contributed by atoms with Gasteiger partial charge in [-0.15, -0.1) is 10.1 Å². The fourth-order valence-corrected chi connectivity index (χ4v) is 3.52. The van der Waals surface area contributed by atoms with E-state index in [4.69, 9.17) is 9.47 Å². The number of alkyl halides is 3. The molecule has 8 nitrogen and oxygen atoms in total. The molecule has 0 aliphatic carbocycles. The molecule has 34 heavy (non-hydrogen) atoms. The first-order chi connectivity index (χ1) is 15.3. The molecular weight excluding hydrogens is 514 g/mol. The van der Waals surface area contributed by atoms with E-state index in [1.54, 1.807) is 0 Å². The normalized spacial score (nSPS) is 18.0. The first-order valence-corrected chi connectivity index (χ1v) is 11.2. The van der Waals surface area contributed by atoms with Gasteiger partial charge in [-0.2, -0.15) is 13.2 Å². The largest absolute Gasteiger partial charge is 0.475 e. The van der Waals surface area contributed by atoms with Gasteiger partial charge in [0.2, 0.25) is 6.10 Å². The molecule has 1 atom stereocenters. The highest BCUT2D eigenvalue weighted by molar-refractivity contribution is 8.45. The molecule has 0 N–H and O–H groups in total. The summed E-state index contributed by atoms with van der Waals surface area (Å²) < 4.78 is 121. The third-order valence-electron chi connectivity index (χ3n) is 4.24. The molecule has 0 saturated carbocycles. The Morgan fingerprint density at radius 3 is 2.26 bits per heavy atom. The molecule has 0 fully saturated rings. The zero-order chi connectivity index (χ0) is 26.0. The van der Waals surface area contributed by atoms with Crippen LogP contribution in [0.25, 0.3) is 6.08 Å². The van der Waals surface area contributed by atoms with Crippen LogP contribution in [0.3, 0.4) is 0 Å². The van der Waals surface area contributed by atoms with Crippen LogP contribution in [0, 0.1) is 10.1 Å². The topological polar surface area (TPSA) is 97.1 Å². The predicted octanol–water partition coefficient (Wildman–Crippen LogP) is 5.38. The summed E-state index contributed by atoms with van der Waals surface area (Å²) in [4.78, 5) is 23.7. The second kappa shape index (κ2) is 8.75. The summed E-state index contributed by atoms with van der Waals surface area (Å²) in [6.07, 6.45) is -8.15. The standard InChI is InChI=1S/C17H17F8NO7S/c1-2-10-7-12(34(21,22,23,24)25)8-11-9-13(15(17(18,19)20)33-14(10)11)16(27)31-5-3-30-4-6-32-26(28)29/h7-9,15H,2-6H2,1H3. The first-order valence-electron chi connectivity index (χ1n) is 9.21. The van der Waals surface area contributed by atoms with E-state index in [0.29, 0.717) is 6.08 Å². The Hall–Kier alpha value is -2.82. The monoisotopic (exact) mass is 531 g/mol. The van der Waals surface area contributed by atoms with E-state index >= 15 is 0 Å². The lowest BCUT2D eigenvalue weighted by Gasteiger charge is -2.41. The maximum absolute atomic E-state index is 13.5. The Bertz CT molecular complexity index is 995. The van der Waals surface area contributed by atoms with Crippen LogP contribution in [0.2, 0.25) is 0 Å². The molecule has 0 spiro atoms. The summed E-state index contributed by atoms with van der Waals surface area (Å²) in [5, 5.41) is 8.85. The number of rotatable bonds is 10. The van der Waals surface area contributed by atoms with Gasteiger partial charge in [0, 0.05) is 5.56 Å². The van der Waals surface area contributed by atoms with Gasteiger partial charge in [0.05, 0.1) is 18.8 Å². The highest BCUT2D eigenvalue weighted by atomic mass is 32.5. The van der Waals surface area contributed by atoms with E-state index in [-0.39, 0.29) is 25.2 Å². The molecule has 1 aliphatic heterocycles. The zero-order valence-electron chi connectivity index (χ0n) is 17.1. The van der Waals surface area contributed by atoms with Gasteiger partial charge in [0.1, 0.15) is 23.9 Å². The minimum Gasteiger partial charge on any atom is -0.475 e. The van der Waals surface area contributed by atoms with Gasteiger partial charge in [0.15, 0.2) is 0 Å². The molecule has 17 heteroatoms. The lowest BCUT2D eigenvalue weighted by molar-refractivity contribution is -0.758. The van der Waals surface area contributed by atoms with Crippen molar-refractivity contribution in [1.82, 2.24) is 0 Å². The summed E-state index contributed by atoms with van der Waals surface area (Å²) >= 11 is 0. The number of benzene rings is 1. The van der Waals surface area contributed by atoms with Gasteiger partial charge >= 0.3 is 22.4 Å². The molecule has 0 radical (unpaired) electrons. The number of hydrogen-bond donors (Lipinski definition) is 0. The summed E-state index contributed by atoms with van der Waals surface area (Å²) in [5.74, 6) is -2.37. The van der Waals surface area contributed by atoms with Crippen molar-refractivity contribution in [2.24, 2.45) is 0 Å². The Morgan fingerprint density at radius 1 is 1.12 bits per heavy atom. The SMILES string of the molecule is CCc1cc(S(F)(F)(F)(F)F)cc2c1OC(C(F)(F)F)C(C(=O)OCCOCCO[N+](=O)[O-])=C2. The fraction of sp³-hybridized carbons (Fsp3) is 0.471. The molecule has 1 aliphatic rings. The minimum absolute atomic E-state index is 0.0188. The van der Waals surface area contributed by atoms with Crippen molar-refractivity contribution in [2.75, 3.05) is 26.4 Å². The van der Waals surface area contributed by atoms with E-state index in [2.05, 4.69) is 9.57 Å². The van der Waals surface area contributed by atoms with Gasteiger partial charge in [-0.05, 0) is 30.2 Å². The molecule has 0 saturated heterocycles. The van der Waals surface area contributed by atoms with Gasteiger partial charge in [-0.3, -0.25) is 0 Å². The molecule has 2 rings (SSSR count). The summed E-state index contributed by atoms with van der Waals surface area (Å²) in [6.45, 7) is -0.623.